The quantitative estimate of drug-likeness (QED) is 0.839. The summed E-state index contributed by atoms with van der Waals surface area (Å²) in [4.78, 5) is 4.39. The molecule has 1 heterocycles. The first-order valence-electron chi connectivity index (χ1n) is 5.42. The molecule has 90 valence electrons. The summed E-state index contributed by atoms with van der Waals surface area (Å²) >= 11 is 0. The summed E-state index contributed by atoms with van der Waals surface area (Å²) in [7, 11) is 1.55. The molecule has 1 aromatic heterocycles. The third-order valence-corrected chi connectivity index (χ3v) is 2.83. The van der Waals surface area contributed by atoms with Crippen LogP contribution in [0.5, 0.6) is 5.88 Å². The third-order valence-electron chi connectivity index (χ3n) is 2.83. The highest BCUT2D eigenvalue weighted by Crippen LogP contribution is 2.29. The Hall–Kier alpha value is -1.65. The predicted molar refractivity (Wildman–Crippen MR) is 66.9 cm³/mol. The summed E-state index contributed by atoms with van der Waals surface area (Å²) in [6, 6.07) is 9.64. The van der Waals surface area contributed by atoms with E-state index in [0.29, 0.717) is 11.4 Å². The molecule has 0 amide bonds. The molecule has 4 nitrogen and oxygen atoms in total. The highest BCUT2D eigenvalue weighted by atomic mass is 16.5. The molecule has 0 spiro atoms. The molecule has 1 atom stereocenters. The lowest BCUT2D eigenvalue weighted by molar-refractivity contribution is 0.205. The molecule has 0 bridgehead atoms. The Balaban J connectivity index is 2.69. The fraction of sp³-hybridized carbons (Fsp3) is 0.308. The molecule has 0 aliphatic carbocycles. The van der Waals surface area contributed by atoms with Gasteiger partial charge in [0.25, 0.3) is 0 Å². The highest BCUT2D eigenvalue weighted by molar-refractivity contribution is 5.80. The van der Waals surface area contributed by atoms with Crippen molar-refractivity contribution in [3.8, 4) is 5.88 Å². The molecular formula is C13H16N2O2. The van der Waals surface area contributed by atoms with E-state index >= 15 is 0 Å². The van der Waals surface area contributed by atoms with Gasteiger partial charge >= 0.3 is 0 Å². The van der Waals surface area contributed by atoms with Gasteiger partial charge in [-0.15, -0.1) is 0 Å². The number of fused-ring (bicyclic) bond motifs is 1. The molecule has 2 rings (SSSR count). The number of methoxy groups -OCH3 is 1. The lowest BCUT2D eigenvalue weighted by Crippen LogP contribution is -2.37. The zero-order valence-corrected chi connectivity index (χ0v) is 9.97. The van der Waals surface area contributed by atoms with E-state index in [1.54, 1.807) is 14.0 Å². The van der Waals surface area contributed by atoms with Gasteiger partial charge in [-0.2, -0.15) is 0 Å². The summed E-state index contributed by atoms with van der Waals surface area (Å²) in [5.41, 5.74) is 6.73. The van der Waals surface area contributed by atoms with Gasteiger partial charge in [-0.25, -0.2) is 4.98 Å². The van der Waals surface area contributed by atoms with Gasteiger partial charge in [0.2, 0.25) is 5.88 Å². The van der Waals surface area contributed by atoms with Gasteiger partial charge in [0, 0.05) is 10.9 Å². The Morgan fingerprint density at radius 3 is 2.76 bits per heavy atom. The third kappa shape index (κ3) is 2.09. The standard InChI is InChI=1S/C13H16N2O2/c1-13(14,8-16)10-7-9-5-3-4-6-11(9)15-12(10)17-2/h3-7,16H,8,14H2,1-2H3. The van der Waals surface area contributed by atoms with Crippen LogP contribution in [-0.4, -0.2) is 23.8 Å². The Morgan fingerprint density at radius 1 is 1.41 bits per heavy atom. The van der Waals surface area contributed by atoms with E-state index in [1.807, 2.05) is 30.3 Å². The van der Waals surface area contributed by atoms with Crippen molar-refractivity contribution in [2.24, 2.45) is 5.73 Å². The fourth-order valence-electron chi connectivity index (χ4n) is 1.75. The molecule has 0 radical (unpaired) electrons. The number of nitrogens with zero attached hydrogens (tertiary/aromatic N) is 1. The Labute approximate surface area is 100 Å². The van der Waals surface area contributed by atoms with Crippen molar-refractivity contribution >= 4 is 10.9 Å². The maximum absolute atomic E-state index is 9.33. The second-order valence-electron chi connectivity index (χ2n) is 4.31. The molecule has 0 aliphatic rings. The first kappa shape index (κ1) is 11.8. The van der Waals surface area contributed by atoms with E-state index in [4.69, 9.17) is 10.5 Å². The van der Waals surface area contributed by atoms with Gasteiger partial charge < -0.3 is 15.6 Å². The minimum atomic E-state index is -0.859. The molecule has 4 heteroatoms. The number of aliphatic hydroxyl groups is 1. The van der Waals surface area contributed by atoms with Crippen LogP contribution in [0.4, 0.5) is 0 Å². The van der Waals surface area contributed by atoms with Crippen LogP contribution in [0.25, 0.3) is 10.9 Å². The molecule has 17 heavy (non-hydrogen) atoms. The molecule has 1 aromatic carbocycles. The van der Waals surface area contributed by atoms with Crippen LogP contribution >= 0.6 is 0 Å². The molecule has 0 fully saturated rings. The number of benzene rings is 1. The van der Waals surface area contributed by atoms with Gasteiger partial charge in [0.1, 0.15) is 0 Å². The van der Waals surface area contributed by atoms with Gasteiger partial charge in [0.05, 0.1) is 24.8 Å². The van der Waals surface area contributed by atoms with E-state index in [9.17, 15) is 5.11 Å². The van der Waals surface area contributed by atoms with Crippen LogP contribution in [0.15, 0.2) is 30.3 Å². The van der Waals surface area contributed by atoms with Crippen molar-refractivity contribution in [3.63, 3.8) is 0 Å². The van der Waals surface area contributed by atoms with E-state index in [1.165, 1.54) is 0 Å². The average molecular weight is 232 g/mol. The Bertz CT molecular complexity index is 538. The average Bonchev–Trinajstić information content (AvgIpc) is 2.37. The van der Waals surface area contributed by atoms with Crippen LogP contribution in [0.2, 0.25) is 0 Å². The van der Waals surface area contributed by atoms with E-state index < -0.39 is 5.54 Å². The predicted octanol–water partition coefficient (Wildman–Crippen LogP) is 1.41. The summed E-state index contributed by atoms with van der Waals surface area (Å²) in [5, 5.41) is 10.3. The van der Waals surface area contributed by atoms with Crippen molar-refractivity contribution in [2.75, 3.05) is 13.7 Å². The maximum atomic E-state index is 9.33. The van der Waals surface area contributed by atoms with Gasteiger partial charge in [0.15, 0.2) is 0 Å². The summed E-state index contributed by atoms with van der Waals surface area (Å²) in [6.45, 7) is 1.59. The molecule has 0 aliphatic heterocycles. The first-order valence-corrected chi connectivity index (χ1v) is 5.42. The van der Waals surface area contributed by atoms with E-state index in [-0.39, 0.29) is 6.61 Å². The van der Waals surface area contributed by atoms with Crippen LogP contribution in [0.1, 0.15) is 12.5 Å². The maximum Gasteiger partial charge on any atom is 0.218 e. The largest absolute Gasteiger partial charge is 0.481 e. The Morgan fingerprint density at radius 2 is 2.12 bits per heavy atom. The minimum Gasteiger partial charge on any atom is -0.481 e. The molecule has 3 N–H and O–H groups in total. The first-order chi connectivity index (χ1) is 8.08. The molecule has 2 aromatic rings. The zero-order valence-electron chi connectivity index (χ0n) is 9.97. The Kier molecular flexibility index (Phi) is 3.00. The number of hydrogen-bond acceptors (Lipinski definition) is 4. The van der Waals surface area contributed by atoms with Crippen molar-refractivity contribution < 1.29 is 9.84 Å². The number of nitrogens with two attached hydrogens (primary N) is 1. The zero-order chi connectivity index (χ0) is 12.5. The van der Waals surface area contributed by atoms with Crippen LogP contribution in [0.3, 0.4) is 0 Å². The summed E-state index contributed by atoms with van der Waals surface area (Å²) < 4.78 is 5.24. The smallest absolute Gasteiger partial charge is 0.218 e. The van der Waals surface area contributed by atoms with Crippen LogP contribution in [-0.2, 0) is 5.54 Å². The monoisotopic (exact) mass is 232 g/mol. The highest BCUT2D eigenvalue weighted by Gasteiger charge is 2.25. The number of aliphatic hydroxyl groups excluding tert-OH is 1. The van der Waals surface area contributed by atoms with Crippen molar-refractivity contribution in [3.05, 3.63) is 35.9 Å². The number of rotatable bonds is 3. The number of para-hydroxylation sites is 1. The normalized spacial score (nSPS) is 14.6. The van der Waals surface area contributed by atoms with E-state index in [2.05, 4.69) is 4.98 Å². The van der Waals surface area contributed by atoms with Gasteiger partial charge in [-0.05, 0) is 19.1 Å². The van der Waals surface area contributed by atoms with Crippen molar-refractivity contribution in [2.45, 2.75) is 12.5 Å². The van der Waals surface area contributed by atoms with Crippen molar-refractivity contribution in [1.29, 1.82) is 0 Å². The topological polar surface area (TPSA) is 68.4 Å². The summed E-state index contributed by atoms with van der Waals surface area (Å²) in [6.07, 6.45) is 0. The van der Waals surface area contributed by atoms with E-state index in [0.717, 1.165) is 10.9 Å². The summed E-state index contributed by atoms with van der Waals surface area (Å²) in [5.74, 6) is 0.461. The van der Waals surface area contributed by atoms with Crippen LogP contribution in [0, 0.1) is 0 Å². The second kappa shape index (κ2) is 4.31. The number of ether oxygens (including phenoxy) is 1. The number of pyridine rings is 1. The lowest BCUT2D eigenvalue weighted by Gasteiger charge is -2.24. The lowest BCUT2D eigenvalue weighted by atomic mass is 9.94. The van der Waals surface area contributed by atoms with Crippen LogP contribution < -0.4 is 10.5 Å². The van der Waals surface area contributed by atoms with Crippen molar-refractivity contribution in [1.82, 2.24) is 4.98 Å². The van der Waals surface area contributed by atoms with Gasteiger partial charge in [-0.1, -0.05) is 18.2 Å². The number of aromatic nitrogens is 1. The molecule has 0 saturated carbocycles. The fourth-order valence-corrected chi connectivity index (χ4v) is 1.75. The van der Waals surface area contributed by atoms with Gasteiger partial charge in [-0.3, -0.25) is 0 Å². The number of hydrogen-bond donors (Lipinski definition) is 2. The minimum absolute atomic E-state index is 0.163. The SMILES string of the molecule is COc1nc2ccccc2cc1C(C)(N)CO. The molecule has 0 saturated heterocycles. The molecule has 1 unspecified atom stereocenters. The second-order valence-corrected chi connectivity index (χ2v) is 4.31. The molecular weight excluding hydrogens is 216 g/mol.